The molecule has 0 aliphatic carbocycles. The lowest BCUT2D eigenvalue weighted by Crippen LogP contribution is -2.43. The number of carbonyl (C=O) groups excluding carboxylic acids is 1. The maximum absolute atomic E-state index is 11.6. The van der Waals surface area contributed by atoms with Crippen LogP contribution in [0.25, 0.3) is 0 Å². The standard InChI is InChI=1S/C10H18BrNO2/c1-9(2,11)8(13)12-6-10(3)4-5-14-7-10/h4-7H2,1-3H3,(H,12,13). The second-order valence-electron chi connectivity index (χ2n) is 4.77. The molecule has 0 saturated carbocycles. The lowest BCUT2D eigenvalue weighted by atomic mass is 9.90. The molecule has 14 heavy (non-hydrogen) atoms. The fraction of sp³-hybridized carbons (Fsp3) is 0.900. The van der Waals surface area contributed by atoms with Crippen LogP contribution in [0.2, 0.25) is 0 Å². The summed E-state index contributed by atoms with van der Waals surface area (Å²) in [6, 6.07) is 0. The first-order valence-corrected chi connectivity index (χ1v) is 5.68. The average Bonchev–Trinajstić information content (AvgIpc) is 2.47. The Morgan fingerprint density at radius 3 is 2.71 bits per heavy atom. The van der Waals surface area contributed by atoms with Gasteiger partial charge in [0.1, 0.15) is 0 Å². The largest absolute Gasteiger partial charge is 0.381 e. The van der Waals surface area contributed by atoms with E-state index in [0.717, 1.165) is 19.6 Å². The molecule has 82 valence electrons. The lowest BCUT2D eigenvalue weighted by molar-refractivity contribution is -0.122. The predicted octanol–water partition coefficient (Wildman–Crippen LogP) is 1.70. The van der Waals surface area contributed by atoms with Crippen LogP contribution in [0.1, 0.15) is 27.2 Å². The highest BCUT2D eigenvalue weighted by molar-refractivity contribution is 9.10. The van der Waals surface area contributed by atoms with Crippen molar-refractivity contribution in [2.45, 2.75) is 31.5 Å². The SMILES string of the molecule is CC1(CNC(=O)C(C)(C)Br)CCOC1. The Bertz CT molecular complexity index is 217. The molecule has 1 N–H and O–H groups in total. The van der Waals surface area contributed by atoms with E-state index in [1.807, 2.05) is 13.8 Å². The van der Waals surface area contributed by atoms with E-state index in [4.69, 9.17) is 4.74 Å². The number of hydrogen-bond acceptors (Lipinski definition) is 2. The molecule has 0 aromatic rings. The van der Waals surface area contributed by atoms with E-state index in [1.165, 1.54) is 0 Å². The molecule has 4 heteroatoms. The summed E-state index contributed by atoms with van der Waals surface area (Å²) in [5, 5.41) is 2.94. The Morgan fingerprint density at radius 2 is 2.29 bits per heavy atom. The Balaban J connectivity index is 2.37. The van der Waals surface area contributed by atoms with Crippen molar-refractivity contribution in [1.82, 2.24) is 5.32 Å². The first kappa shape index (κ1) is 12.0. The molecule has 0 bridgehead atoms. The smallest absolute Gasteiger partial charge is 0.236 e. The second-order valence-corrected chi connectivity index (χ2v) is 6.75. The molecule has 3 nitrogen and oxygen atoms in total. The highest BCUT2D eigenvalue weighted by Gasteiger charge is 2.32. The van der Waals surface area contributed by atoms with E-state index in [2.05, 4.69) is 28.2 Å². The number of carbonyl (C=O) groups is 1. The molecule has 1 amide bonds. The van der Waals surface area contributed by atoms with Gasteiger partial charge in [0.25, 0.3) is 0 Å². The fourth-order valence-electron chi connectivity index (χ4n) is 1.35. The number of alkyl halides is 1. The summed E-state index contributed by atoms with van der Waals surface area (Å²) in [6.07, 6.45) is 1.02. The van der Waals surface area contributed by atoms with Gasteiger partial charge in [0, 0.05) is 18.6 Å². The summed E-state index contributed by atoms with van der Waals surface area (Å²) in [4.78, 5) is 11.6. The first-order chi connectivity index (χ1) is 6.33. The molecule has 1 unspecified atom stereocenters. The quantitative estimate of drug-likeness (QED) is 0.788. The van der Waals surface area contributed by atoms with Crippen LogP contribution in [-0.2, 0) is 9.53 Å². The van der Waals surface area contributed by atoms with Gasteiger partial charge < -0.3 is 10.1 Å². The van der Waals surface area contributed by atoms with Crippen LogP contribution in [0.3, 0.4) is 0 Å². The Labute approximate surface area is 93.7 Å². The summed E-state index contributed by atoms with van der Waals surface area (Å²) in [5.41, 5.74) is 0.119. The van der Waals surface area contributed by atoms with Crippen LogP contribution in [0.4, 0.5) is 0 Å². The molecule has 0 aromatic carbocycles. The van der Waals surface area contributed by atoms with Gasteiger partial charge in [0.05, 0.1) is 10.9 Å². The summed E-state index contributed by atoms with van der Waals surface area (Å²) in [5.74, 6) is 0.0330. The predicted molar refractivity (Wildman–Crippen MR) is 59.6 cm³/mol. The maximum Gasteiger partial charge on any atom is 0.236 e. The molecule has 1 aliphatic heterocycles. The van der Waals surface area contributed by atoms with Crippen molar-refractivity contribution in [2.75, 3.05) is 19.8 Å². The average molecular weight is 264 g/mol. The third-order valence-electron chi connectivity index (χ3n) is 2.52. The Hall–Kier alpha value is -0.0900. The fourth-order valence-corrected chi connectivity index (χ4v) is 1.49. The molecule has 1 fully saturated rings. The summed E-state index contributed by atoms with van der Waals surface area (Å²) < 4.78 is 4.83. The third kappa shape index (κ3) is 3.24. The van der Waals surface area contributed by atoms with Crippen molar-refractivity contribution in [3.05, 3.63) is 0 Å². The highest BCUT2D eigenvalue weighted by Crippen LogP contribution is 2.27. The van der Waals surface area contributed by atoms with Crippen LogP contribution in [0.5, 0.6) is 0 Å². The molecule has 1 heterocycles. The number of rotatable bonds is 3. The number of ether oxygens (including phenoxy) is 1. The van der Waals surface area contributed by atoms with Crippen molar-refractivity contribution >= 4 is 21.8 Å². The molecule has 1 saturated heterocycles. The molecule has 0 radical (unpaired) electrons. The van der Waals surface area contributed by atoms with Crippen LogP contribution in [0.15, 0.2) is 0 Å². The zero-order valence-electron chi connectivity index (χ0n) is 9.02. The molecular weight excluding hydrogens is 246 g/mol. The summed E-state index contributed by atoms with van der Waals surface area (Å²) >= 11 is 3.33. The maximum atomic E-state index is 11.6. The monoisotopic (exact) mass is 263 g/mol. The summed E-state index contributed by atoms with van der Waals surface area (Å²) in [7, 11) is 0. The van der Waals surface area contributed by atoms with Crippen LogP contribution >= 0.6 is 15.9 Å². The molecule has 1 rings (SSSR count). The van der Waals surface area contributed by atoms with Gasteiger partial charge >= 0.3 is 0 Å². The molecule has 0 aromatic heterocycles. The molecular formula is C10H18BrNO2. The van der Waals surface area contributed by atoms with E-state index in [9.17, 15) is 4.79 Å². The van der Waals surface area contributed by atoms with Gasteiger partial charge in [0.15, 0.2) is 0 Å². The van der Waals surface area contributed by atoms with E-state index in [-0.39, 0.29) is 11.3 Å². The first-order valence-electron chi connectivity index (χ1n) is 4.88. The van der Waals surface area contributed by atoms with Gasteiger partial charge in [0.2, 0.25) is 5.91 Å². The number of nitrogens with one attached hydrogen (secondary N) is 1. The van der Waals surface area contributed by atoms with Crippen LogP contribution in [0, 0.1) is 5.41 Å². The van der Waals surface area contributed by atoms with E-state index in [0.29, 0.717) is 6.54 Å². The third-order valence-corrected chi connectivity index (χ3v) is 2.88. The minimum absolute atomic E-state index is 0.0330. The van der Waals surface area contributed by atoms with Gasteiger partial charge in [-0.3, -0.25) is 4.79 Å². The second kappa shape index (κ2) is 4.19. The van der Waals surface area contributed by atoms with Gasteiger partial charge in [-0.15, -0.1) is 0 Å². The minimum Gasteiger partial charge on any atom is -0.381 e. The van der Waals surface area contributed by atoms with Gasteiger partial charge in [-0.2, -0.15) is 0 Å². The van der Waals surface area contributed by atoms with E-state index in [1.54, 1.807) is 0 Å². The van der Waals surface area contributed by atoms with Crippen LogP contribution < -0.4 is 5.32 Å². The van der Waals surface area contributed by atoms with Crippen molar-refractivity contribution in [3.63, 3.8) is 0 Å². The normalized spacial score (nSPS) is 27.7. The molecule has 1 aliphatic rings. The zero-order chi connectivity index (χ0) is 10.8. The van der Waals surface area contributed by atoms with Crippen molar-refractivity contribution < 1.29 is 9.53 Å². The summed E-state index contributed by atoms with van der Waals surface area (Å²) in [6.45, 7) is 8.08. The minimum atomic E-state index is -0.483. The zero-order valence-corrected chi connectivity index (χ0v) is 10.6. The topological polar surface area (TPSA) is 38.3 Å². The molecule has 0 spiro atoms. The van der Waals surface area contributed by atoms with Crippen molar-refractivity contribution in [2.24, 2.45) is 5.41 Å². The Morgan fingerprint density at radius 1 is 1.64 bits per heavy atom. The van der Waals surface area contributed by atoms with Crippen molar-refractivity contribution in [3.8, 4) is 0 Å². The van der Waals surface area contributed by atoms with E-state index >= 15 is 0 Å². The van der Waals surface area contributed by atoms with Gasteiger partial charge in [-0.1, -0.05) is 22.9 Å². The number of hydrogen-bond donors (Lipinski definition) is 1. The van der Waals surface area contributed by atoms with Gasteiger partial charge in [-0.05, 0) is 20.3 Å². The lowest BCUT2D eigenvalue weighted by Gasteiger charge is -2.24. The number of amides is 1. The highest BCUT2D eigenvalue weighted by atomic mass is 79.9. The number of halogens is 1. The van der Waals surface area contributed by atoms with Crippen molar-refractivity contribution in [1.29, 1.82) is 0 Å². The van der Waals surface area contributed by atoms with Crippen LogP contribution in [-0.4, -0.2) is 30.0 Å². The van der Waals surface area contributed by atoms with Gasteiger partial charge in [-0.25, -0.2) is 0 Å². The van der Waals surface area contributed by atoms with E-state index < -0.39 is 4.32 Å². The Kier molecular flexibility index (Phi) is 3.58. The molecule has 1 atom stereocenters.